The van der Waals surface area contributed by atoms with Gasteiger partial charge in [0.15, 0.2) is 5.37 Å². The molecule has 0 saturated carbocycles. The number of rotatable bonds is 8. The minimum absolute atomic E-state index is 0.132. The van der Waals surface area contributed by atoms with Gasteiger partial charge in [0.1, 0.15) is 0 Å². The van der Waals surface area contributed by atoms with Crippen molar-refractivity contribution in [2.45, 2.75) is 31.7 Å². The molecule has 0 aromatic carbocycles. The second-order valence-electron chi connectivity index (χ2n) is 4.44. The van der Waals surface area contributed by atoms with E-state index in [9.17, 15) is 26.4 Å². The number of carbonyl (C=O) groups excluding carboxylic acids is 2. The fourth-order valence-electron chi connectivity index (χ4n) is 1.27. The van der Waals surface area contributed by atoms with E-state index in [2.05, 4.69) is 18.5 Å². The van der Waals surface area contributed by atoms with Crippen LogP contribution in [0.5, 0.6) is 0 Å². The average Bonchev–Trinajstić information content (AvgIpc) is 2.42. The number of carbonyl (C=O) groups is 2. The molecular weight excluding hydrogens is 364 g/mol. The Morgan fingerprint density at radius 2 is 1.46 bits per heavy atom. The Kier molecular flexibility index (Phi) is 11.1. The Labute approximate surface area is 141 Å². The van der Waals surface area contributed by atoms with Gasteiger partial charge in [0.05, 0.1) is 11.8 Å². The van der Waals surface area contributed by atoms with Crippen LogP contribution in [0.15, 0.2) is 25.3 Å². The van der Waals surface area contributed by atoms with E-state index >= 15 is 0 Å². The second-order valence-corrected chi connectivity index (χ2v) is 7.55. The van der Waals surface area contributed by atoms with Gasteiger partial charge in [0.25, 0.3) is 20.2 Å². The van der Waals surface area contributed by atoms with Gasteiger partial charge in [-0.1, -0.05) is 20.1 Å². The minimum Gasteiger partial charge on any atom is -0.347 e. The lowest BCUT2D eigenvalue weighted by Gasteiger charge is -2.22. The molecule has 0 aliphatic carbocycles. The van der Waals surface area contributed by atoms with Crippen LogP contribution in [0.2, 0.25) is 0 Å². The fraction of sp³-hybridized carbons (Fsp3) is 0.500. The molecule has 0 bridgehead atoms. The van der Waals surface area contributed by atoms with Crippen molar-refractivity contribution in [2.75, 3.05) is 5.75 Å². The standard InChI is InChI=1S/C9H14N2O5S.C3H8O3S/c1-4-7(12)10-6(3)9(17(14,15)16)11-8(13)5-2;1-2-3-7(4,5)6/h4-6,9H,1-2H2,3H3,(H,10,12)(H,11,13)(H,14,15,16);2-3H2,1H3,(H,4,5,6). The minimum atomic E-state index is -4.55. The molecule has 2 atom stereocenters. The van der Waals surface area contributed by atoms with Gasteiger partial charge in [-0.3, -0.25) is 18.7 Å². The summed E-state index contributed by atoms with van der Waals surface area (Å²) < 4.78 is 58.5. The van der Waals surface area contributed by atoms with Crippen molar-refractivity contribution in [3.63, 3.8) is 0 Å². The highest BCUT2D eigenvalue weighted by molar-refractivity contribution is 7.86. The molecule has 0 aromatic rings. The zero-order valence-corrected chi connectivity index (χ0v) is 14.9. The molecule has 0 saturated heterocycles. The summed E-state index contributed by atoms with van der Waals surface area (Å²) in [6.45, 7) is 9.32. The van der Waals surface area contributed by atoms with Crippen molar-refractivity contribution in [1.82, 2.24) is 10.6 Å². The van der Waals surface area contributed by atoms with Crippen LogP contribution >= 0.6 is 0 Å². The summed E-state index contributed by atoms with van der Waals surface area (Å²) in [6.07, 6.45) is 2.26. The number of amides is 2. The lowest BCUT2D eigenvalue weighted by molar-refractivity contribution is -0.119. The first-order valence-electron chi connectivity index (χ1n) is 6.55. The molecule has 10 nitrogen and oxygen atoms in total. The maximum atomic E-state index is 11.0. The Bertz CT molecular complexity index is 655. The number of hydrogen-bond acceptors (Lipinski definition) is 6. The third-order valence-corrected chi connectivity index (χ3v) is 4.35. The predicted octanol–water partition coefficient (Wildman–Crippen LogP) is -0.523. The van der Waals surface area contributed by atoms with Crippen LogP contribution < -0.4 is 10.6 Å². The monoisotopic (exact) mass is 386 g/mol. The van der Waals surface area contributed by atoms with E-state index in [0.29, 0.717) is 6.42 Å². The summed E-state index contributed by atoms with van der Waals surface area (Å²) in [6, 6.07) is -1.03. The summed E-state index contributed by atoms with van der Waals surface area (Å²) in [4.78, 5) is 22.0. The van der Waals surface area contributed by atoms with Crippen molar-refractivity contribution in [1.29, 1.82) is 0 Å². The molecule has 0 spiro atoms. The molecule has 24 heavy (non-hydrogen) atoms. The normalized spacial score (nSPS) is 13.5. The van der Waals surface area contributed by atoms with Crippen LogP contribution in [-0.4, -0.2) is 54.9 Å². The number of hydrogen-bond donors (Lipinski definition) is 4. The van der Waals surface area contributed by atoms with Crippen molar-refractivity contribution < 1.29 is 35.5 Å². The van der Waals surface area contributed by atoms with E-state index in [-0.39, 0.29) is 5.75 Å². The highest BCUT2D eigenvalue weighted by Crippen LogP contribution is 2.02. The second kappa shape index (κ2) is 10.9. The molecule has 0 fully saturated rings. The Balaban J connectivity index is 0. The molecule has 2 amide bonds. The molecular formula is C12H22N2O8S2. The first-order valence-corrected chi connectivity index (χ1v) is 9.67. The van der Waals surface area contributed by atoms with Gasteiger partial charge in [-0.25, -0.2) is 0 Å². The van der Waals surface area contributed by atoms with Gasteiger partial charge in [0.2, 0.25) is 11.8 Å². The van der Waals surface area contributed by atoms with Gasteiger partial charge in [-0.15, -0.1) is 0 Å². The molecule has 0 aliphatic heterocycles. The largest absolute Gasteiger partial charge is 0.347 e. The van der Waals surface area contributed by atoms with Gasteiger partial charge >= 0.3 is 0 Å². The third kappa shape index (κ3) is 12.8. The first kappa shape index (κ1) is 24.5. The van der Waals surface area contributed by atoms with Crippen LogP contribution in [0.1, 0.15) is 20.3 Å². The smallest absolute Gasteiger partial charge is 0.288 e. The quantitative estimate of drug-likeness (QED) is 0.319. The van der Waals surface area contributed by atoms with E-state index in [0.717, 1.165) is 12.2 Å². The van der Waals surface area contributed by atoms with Crippen LogP contribution in [0, 0.1) is 0 Å². The van der Waals surface area contributed by atoms with E-state index in [4.69, 9.17) is 9.11 Å². The van der Waals surface area contributed by atoms with Crippen LogP contribution in [-0.2, 0) is 29.8 Å². The Hall–Kier alpha value is -1.76. The van der Waals surface area contributed by atoms with Crippen molar-refractivity contribution >= 4 is 32.1 Å². The molecule has 0 heterocycles. The number of nitrogens with one attached hydrogen (secondary N) is 2. The highest BCUT2D eigenvalue weighted by atomic mass is 32.2. The van der Waals surface area contributed by atoms with Gasteiger partial charge in [-0.05, 0) is 25.5 Å². The molecule has 0 aliphatic rings. The molecule has 4 N–H and O–H groups in total. The fourth-order valence-corrected chi connectivity index (χ4v) is 2.64. The van der Waals surface area contributed by atoms with Crippen LogP contribution in [0.3, 0.4) is 0 Å². The van der Waals surface area contributed by atoms with Crippen molar-refractivity contribution in [2.24, 2.45) is 0 Å². The zero-order chi connectivity index (χ0) is 19.6. The molecule has 0 rings (SSSR count). The Morgan fingerprint density at radius 3 is 1.71 bits per heavy atom. The highest BCUT2D eigenvalue weighted by Gasteiger charge is 2.31. The van der Waals surface area contributed by atoms with Crippen LogP contribution in [0.4, 0.5) is 0 Å². The maximum Gasteiger partial charge on any atom is 0.288 e. The van der Waals surface area contributed by atoms with E-state index in [1.807, 2.05) is 5.32 Å². The van der Waals surface area contributed by atoms with Gasteiger partial charge in [0, 0.05) is 0 Å². The molecule has 12 heteroatoms. The SMILES string of the molecule is C=CC(=O)NC(C)C(NC(=O)C=C)S(=O)(=O)O.CCCS(=O)(=O)O. The maximum absolute atomic E-state index is 11.0. The zero-order valence-electron chi connectivity index (χ0n) is 13.3. The first-order chi connectivity index (χ1) is 10.8. The summed E-state index contributed by atoms with van der Waals surface area (Å²) in [5.74, 6) is -1.54. The van der Waals surface area contributed by atoms with Crippen LogP contribution in [0.25, 0.3) is 0 Å². The van der Waals surface area contributed by atoms with E-state index in [1.54, 1.807) is 6.92 Å². The van der Waals surface area contributed by atoms with E-state index < -0.39 is 43.5 Å². The van der Waals surface area contributed by atoms with Crippen molar-refractivity contribution in [3.05, 3.63) is 25.3 Å². The molecule has 2 unspecified atom stereocenters. The van der Waals surface area contributed by atoms with Gasteiger partial charge in [-0.2, -0.15) is 16.8 Å². The molecule has 0 radical (unpaired) electrons. The van der Waals surface area contributed by atoms with Crippen molar-refractivity contribution in [3.8, 4) is 0 Å². The predicted molar refractivity (Wildman–Crippen MR) is 88.2 cm³/mol. The molecule has 140 valence electrons. The summed E-state index contributed by atoms with van der Waals surface area (Å²) >= 11 is 0. The average molecular weight is 386 g/mol. The molecule has 0 aromatic heterocycles. The summed E-state index contributed by atoms with van der Waals surface area (Å²) in [5, 5.41) is 2.56. The summed E-state index contributed by atoms with van der Waals surface area (Å²) in [5.41, 5.74) is 0. The summed E-state index contributed by atoms with van der Waals surface area (Å²) in [7, 11) is -8.23. The topological polar surface area (TPSA) is 167 Å². The lowest BCUT2D eigenvalue weighted by Crippen LogP contribution is -2.53. The van der Waals surface area contributed by atoms with Gasteiger partial charge < -0.3 is 10.6 Å². The Morgan fingerprint density at radius 1 is 1.04 bits per heavy atom. The lowest BCUT2D eigenvalue weighted by atomic mass is 10.3. The third-order valence-electron chi connectivity index (χ3n) is 2.26. The van der Waals surface area contributed by atoms with E-state index in [1.165, 1.54) is 6.92 Å².